The average Bonchev–Trinajstić information content (AvgIpc) is 3.05. The van der Waals surface area contributed by atoms with Crippen LogP contribution < -0.4 is 15.5 Å². The third-order valence-electron chi connectivity index (χ3n) is 4.80. The van der Waals surface area contributed by atoms with Crippen molar-refractivity contribution in [3.05, 3.63) is 65.0 Å². The molecule has 1 aliphatic rings. The van der Waals surface area contributed by atoms with Gasteiger partial charge < -0.3 is 14.5 Å². The quantitative estimate of drug-likeness (QED) is 0.688. The summed E-state index contributed by atoms with van der Waals surface area (Å²) in [6, 6.07) is 13.6. The number of carbonyl (C=O) groups excluding carboxylic acids is 1. The van der Waals surface area contributed by atoms with Gasteiger partial charge in [0.15, 0.2) is 21.9 Å². The first-order valence-corrected chi connectivity index (χ1v) is 11.0. The van der Waals surface area contributed by atoms with Crippen LogP contribution in [0.1, 0.15) is 6.42 Å². The average molecular weight is 413 g/mol. The van der Waals surface area contributed by atoms with Crippen LogP contribution in [0.2, 0.25) is 0 Å². The summed E-state index contributed by atoms with van der Waals surface area (Å²) in [4.78, 5) is 24.7. The van der Waals surface area contributed by atoms with Crippen LogP contribution in [-0.4, -0.2) is 38.5 Å². The molecule has 2 heterocycles. The van der Waals surface area contributed by atoms with Gasteiger partial charge in [-0.05, 0) is 24.1 Å². The number of hydrogen-bond donors (Lipinski definition) is 1. The van der Waals surface area contributed by atoms with Gasteiger partial charge in [0.2, 0.25) is 0 Å². The highest BCUT2D eigenvalue weighted by atomic mass is 32.2. The number of amides is 1. The number of sulfone groups is 1. The molecular formula is C21H19NO6S. The first-order chi connectivity index (χ1) is 13.9. The molecule has 1 N–H and O–H groups in total. The lowest BCUT2D eigenvalue weighted by molar-refractivity contribution is -0.123. The van der Waals surface area contributed by atoms with Gasteiger partial charge in [0.1, 0.15) is 17.6 Å². The molecular weight excluding hydrogens is 394 g/mol. The largest absolute Gasteiger partial charge is 0.484 e. The zero-order valence-electron chi connectivity index (χ0n) is 15.5. The van der Waals surface area contributed by atoms with Crippen LogP contribution in [0.5, 0.6) is 5.75 Å². The summed E-state index contributed by atoms with van der Waals surface area (Å²) in [6.07, 6.45) is 1.83. The zero-order valence-corrected chi connectivity index (χ0v) is 16.3. The molecule has 7 nitrogen and oxygen atoms in total. The molecule has 1 atom stereocenters. The minimum Gasteiger partial charge on any atom is -0.484 e. The van der Waals surface area contributed by atoms with Crippen LogP contribution in [0.15, 0.2) is 64.0 Å². The van der Waals surface area contributed by atoms with E-state index < -0.39 is 15.7 Å². The standard InChI is InChI=1S/C21H19NO6S/c23-20(22-15-8-9-29(25,26)13-15)12-27-16-6-7-17-19(10-16)28-11-18(21(17)24)14-4-2-1-3-5-14/h1-7,10-11,15H,8-9,12-13H2,(H,22,23)/t15-/m0/s1. The topological polar surface area (TPSA) is 103 Å². The molecule has 1 aliphatic heterocycles. The maximum Gasteiger partial charge on any atom is 0.258 e. The fourth-order valence-corrected chi connectivity index (χ4v) is 5.02. The van der Waals surface area contributed by atoms with Crippen LogP contribution in [0.3, 0.4) is 0 Å². The van der Waals surface area contributed by atoms with Gasteiger partial charge in [-0.2, -0.15) is 0 Å². The number of rotatable bonds is 5. The Kier molecular flexibility index (Phi) is 5.10. The van der Waals surface area contributed by atoms with Crippen molar-refractivity contribution in [1.29, 1.82) is 0 Å². The lowest BCUT2D eigenvalue weighted by Gasteiger charge is -2.12. The third-order valence-corrected chi connectivity index (χ3v) is 6.57. The lowest BCUT2D eigenvalue weighted by atomic mass is 10.1. The van der Waals surface area contributed by atoms with Crippen molar-refractivity contribution in [3.8, 4) is 16.9 Å². The Morgan fingerprint density at radius 1 is 1.17 bits per heavy atom. The fourth-order valence-electron chi connectivity index (χ4n) is 3.34. The molecule has 2 aromatic carbocycles. The molecule has 4 rings (SSSR count). The minimum absolute atomic E-state index is 0.0381. The summed E-state index contributed by atoms with van der Waals surface area (Å²) < 4.78 is 34.0. The predicted molar refractivity (Wildman–Crippen MR) is 109 cm³/mol. The number of nitrogens with one attached hydrogen (secondary N) is 1. The van der Waals surface area contributed by atoms with Crippen molar-refractivity contribution >= 4 is 26.7 Å². The summed E-state index contributed by atoms with van der Waals surface area (Å²) in [5.74, 6) is 0.0345. The molecule has 29 heavy (non-hydrogen) atoms. The Hall–Kier alpha value is -3.13. The van der Waals surface area contributed by atoms with E-state index in [1.165, 1.54) is 6.26 Å². The van der Waals surface area contributed by atoms with E-state index in [0.29, 0.717) is 28.7 Å². The second-order valence-corrected chi connectivity index (χ2v) is 9.19. The Morgan fingerprint density at radius 2 is 1.97 bits per heavy atom. The summed E-state index contributed by atoms with van der Waals surface area (Å²) in [5, 5.41) is 3.08. The highest BCUT2D eigenvalue weighted by molar-refractivity contribution is 7.91. The molecule has 1 fully saturated rings. The molecule has 0 saturated carbocycles. The molecule has 8 heteroatoms. The SMILES string of the molecule is O=C(COc1ccc2c(=O)c(-c3ccccc3)coc2c1)N[C@H]1CCS(=O)(=O)C1. The Balaban J connectivity index is 1.45. The minimum atomic E-state index is -3.06. The van der Waals surface area contributed by atoms with E-state index in [-0.39, 0.29) is 29.6 Å². The van der Waals surface area contributed by atoms with Crippen molar-refractivity contribution < 1.29 is 22.4 Å². The van der Waals surface area contributed by atoms with Gasteiger partial charge in [-0.3, -0.25) is 9.59 Å². The Bertz CT molecular complexity index is 1220. The molecule has 1 aromatic heterocycles. The number of fused-ring (bicyclic) bond motifs is 1. The van der Waals surface area contributed by atoms with Crippen molar-refractivity contribution in [2.24, 2.45) is 0 Å². The van der Waals surface area contributed by atoms with Crippen LogP contribution in [0.25, 0.3) is 22.1 Å². The fraction of sp³-hybridized carbons (Fsp3) is 0.238. The van der Waals surface area contributed by atoms with Gasteiger partial charge in [0.25, 0.3) is 5.91 Å². The van der Waals surface area contributed by atoms with Crippen molar-refractivity contribution in [2.75, 3.05) is 18.1 Å². The van der Waals surface area contributed by atoms with Crippen LogP contribution >= 0.6 is 0 Å². The van der Waals surface area contributed by atoms with Gasteiger partial charge in [-0.15, -0.1) is 0 Å². The molecule has 0 aliphatic carbocycles. The molecule has 3 aromatic rings. The molecule has 0 unspecified atom stereocenters. The highest BCUT2D eigenvalue weighted by Crippen LogP contribution is 2.23. The van der Waals surface area contributed by atoms with E-state index in [2.05, 4.69) is 5.32 Å². The monoisotopic (exact) mass is 413 g/mol. The predicted octanol–water partition coefficient (Wildman–Crippen LogP) is 2.14. The van der Waals surface area contributed by atoms with E-state index in [0.717, 1.165) is 5.56 Å². The van der Waals surface area contributed by atoms with Crippen molar-refractivity contribution in [3.63, 3.8) is 0 Å². The van der Waals surface area contributed by atoms with E-state index in [4.69, 9.17) is 9.15 Å². The maximum absolute atomic E-state index is 12.7. The number of carbonyl (C=O) groups is 1. The normalized spacial score (nSPS) is 17.9. The van der Waals surface area contributed by atoms with Crippen LogP contribution in [0.4, 0.5) is 0 Å². The smallest absolute Gasteiger partial charge is 0.258 e. The van der Waals surface area contributed by atoms with Gasteiger partial charge in [-0.1, -0.05) is 30.3 Å². The van der Waals surface area contributed by atoms with Crippen molar-refractivity contribution in [1.82, 2.24) is 5.32 Å². The molecule has 0 spiro atoms. The number of benzene rings is 2. The summed E-state index contributed by atoms with van der Waals surface area (Å²) in [6.45, 7) is -0.256. The first-order valence-electron chi connectivity index (χ1n) is 9.15. The summed E-state index contributed by atoms with van der Waals surface area (Å²) in [5.41, 5.74) is 1.45. The third kappa shape index (κ3) is 4.32. The number of hydrogen-bond acceptors (Lipinski definition) is 6. The lowest BCUT2D eigenvalue weighted by Crippen LogP contribution is -2.38. The maximum atomic E-state index is 12.7. The van der Waals surface area contributed by atoms with Crippen LogP contribution in [0, 0.1) is 0 Å². The molecule has 0 radical (unpaired) electrons. The molecule has 1 saturated heterocycles. The van der Waals surface area contributed by atoms with E-state index >= 15 is 0 Å². The van der Waals surface area contributed by atoms with Gasteiger partial charge in [-0.25, -0.2) is 8.42 Å². The van der Waals surface area contributed by atoms with Crippen molar-refractivity contribution in [2.45, 2.75) is 12.5 Å². The van der Waals surface area contributed by atoms with Gasteiger partial charge in [0.05, 0.1) is 22.5 Å². The number of ether oxygens (including phenoxy) is 1. The van der Waals surface area contributed by atoms with E-state index in [9.17, 15) is 18.0 Å². The molecule has 150 valence electrons. The highest BCUT2D eigenvalue weighted by Gasteiger charge is 2.28. The van der Waals surface area contributed by atoms with Gasteiger partial charge >= 0.3 is 0 Å². The Morgan fingerprint density at radius 3 is 2.69 bits per heavy atom. The van der Waals surface area contributed by atoms with Crippen LogP contribution in [-0.2, 0) is 14.6 Å². The van der Waals surface area contributed by atoms with E-state index in [1.807, 2.05) is 30.3 Å². The van der Waals surface area contributed by atoms with Gasteiger partial charge in [0, 0.05) is 12.1 Å². The zero-order chi connectivity index (χ0) is 20.4. The second kappa shape index (κ2) is 7.71. The van der Waals surface area contributed by atoms with E-state index in [1.54, 1.807) is 18.2 Å². The summed E-state index contributed by atoms with van der Waals surface area (Å²) in [7, 11) is -3.06. The Labute approximate surface area is 167 Å². The molecule has 0 bridgehead atoms. The molecule has 1 amide bonds. The summed E-state index contributed by atoms with van der Waals surface area (Å²) >= 11 is 0. The first kappa shape index (κ1) is 19.2. The second-order valence-electron chi connectivity index (χ2n) is 6.96.